The largest absolute Gasteiger partial charge is 0.395 e. The van der Waals surface area contributed by atoms with E-state index >= 15 is 0 Å². The van der Waals surface area contributed by atoms with Gasteiger partial charge in [0.15, 0.2) is 0 Å². The number of thiophene rings is 1. The number of amides is 1. The van der Waals surface area contributed by atoms with Gasteiger partial charge in [0.05, 0.1) is 13.2 Å². The van der Waals surface area contributed by atoms with E-state index in [0.29, 0.717) is 19.1 Å². The van der Waals surface area contributed by atoms with Crippen LogP contribution < -0.4 is 0 Å². The van der Waals surface area contributed by atoms with Gasteiger partial charge in [-0.25, -0.2) is 0 Å². The van der Waals surface area contributed by atoms with Gasteiger partial charge in [-0.2, -0.15) is 0 Å². The van der Waals surface area contributed by atoms with Gasteiger partial charge in [0.1, 0.15) is 0 Å². The highest BCUT2D eigenvalue weighted by Gasteiger charge is 2.27. The quantitative estimate of drug-likeness (QED) is 0.903. The van der Waals surface area contributed by atoms with Crippen LogP contribution in [0.25, 0.3) is 0 Å². The zero-order chi connectivity index (χ0) is 14.7. The molecule has 1 N–H and O–H groups in total. The highest BCUT2D eigenvalue weighted by Crippen LogP contribution is 2.26. The number of aliphatic hydroxyl groups excluding tert-OH is 1. The Morgan fingerprint density at radius 3 is 3.00 bits per heavy atom. The Bertz CT molecular complexity index is 482. The molecule has 1 amide bonds. The highest BCUT2D eigenvalue weighted by molar-refractivity contribution is 7.10. The topological polar surface area (TPSA) is 43.8 Å². The van der Waals surface area contributed by atoms with Gasteiger partial charge in [0, 0.05) is 30.6 Å². The summed E-state index contributed by atoms with van der Waals surface area (Å²) in [6.07, 6.45) is 5.83. The third-order valence-electron chi connectivity index (χ3n) is 4.73. The predicted molar refractivity (Wildman–Crippen MR) is 84.4 cm³/mol. The first-order valence-electron chi connectivity index (χ1n) is 7.96. The van der Waals surface area contributed by atoms with Crippen molar-refractivity contribution in [3.8, 4) is 0 Å². The summed E-state index contributed by atoms with van der Waals surface area (Å²) in [5, 5.41) is 11.4. The van der Waals surface area contributed by atoms with Gasteiger partial charge in [0.2, 0.25) is 5.91 Å². The van der Waals surface area contributed by atoms with Crippen LogP contribution in [0.4, 0.5) is 0 Å². The number of rotatable bonds is 5. The van der Waals surface area contributed by atoms with E-state index in [2.05, 4.69) is 16.3 Å². The molecule has 0 unspecified atom stereocenters. The maximum absolute atomic E-state index is 12.6. The molecule has 21 heavy (non-hydrogen) atoms. The first-order valence-corrected chi connectivity index (χ1v) is 8.84. The second-order valence-electron chi connectivity index (χ2n) is 6.07. The van der Waals surface area contributed by atoms with Crippen molar-refractivity contribution in [3.63, 3.8) is 0 Å². The Balaban J connectivity index is 1.59. The minimum atomic E-state index is 0.137. The van der Waals surface area contributed by atoms with E-state index in [9.17, 15) is 9.90 Å². The summed E-state index contributed by atoms with van der Waals surface area (Å²) >= 11 is 1.80. The third-order valence-corrected chi connectivity index (χ3v) is 5.75. The van der Waals surface area contributed by atoms with E-state index in [-0.39, 0.29) is 12.5 Å². The molecule has 116 valence electrons. The van der Waals surface area contributed by atoms with Gasteiger partial charge in [-0.1, -0.05) is 12.8 Å². The van der Waals surface area contributed by atoms with Crippen LogP contribution in [-0.2, 0) is 17.8 Å². The van der Waals surface area contributed by atoms with Gasteiger partial charge >= 0.3 is 0 Å². The summed E-state index contributed by atoms with van der Waals surface area (Å²) in [5.41, 5.74) is 1.31. The lowest BCUT2D eigenvalue weighted by molar-refractivity contribution is -0.134. The van der Waals surface area contributed by atoms with Crippen LogP contribution in [-0.4, -0.2) is 53.1 Å². The standard InChI is InChI=1S/C16H24N2O2S/c19-9-8-17(14-3-1-2-4-14)12-16(20)18-7-5-15-13(11-18)6-10-21-15/h6,10,14,19H,1-5,7-9,11-12H2. The summed E-state index contributed by atoms with van der Waals surface area (Å²) in [5.74, 6) is 0.215. The zero-order valence-electron chi connectivity index (χ0n) is 12.5. The Kier molecular flexibility index (Phi) is 4.93. The number of nitrogens with zero attached hydrogens (tertiary/aromatic N) is 2. The normalized spacial score (nSPS) is 19.2. The van der Waals surface area contributed by atoms with Crippen LogP contribution in [0.2, 0.25) is 0 Å². The van der Waals surface area contributed by atoms with Crippen LogP contribution >= 0.6 is 11.3 Å². The molecular formula is C16H24N2O2S. The number of hydrogen-bond acceptors (Lipinski definition) is 4. The molecular weight excluding hydrogens is 284 g/mol. The Hall–Kier alpha value is -0.910. The van der Waals surface area contributed by atoms with Crippen LogP contribution in [0, 0.1) is 0 Å². The van der Waals surface area contributed by atoms with Crippen LogP contribution in [0.3, 0.4) is 0 Å². The van der Waals surface area contributed by atoms with E-state index in [4.69, 9.17) is 0 Å². The molecule has 0 saturated heterocycles. The third kappa shape index (κ3) is 3.47. The molecule has 1 aliphatic heterocycles. The number of aliphatic hydroxyl groups is 1. The smallest absolute Gasteiger partial charge is 0.237 e. The fourth-order valence-corrected chi connectivity index (χ4v) is 4.41. The average Bonchev–Trinajstić information content (AvgIpc) is 3.17. The molecule has 1 fully saturated rings. The lowest BCUT2D eigenvalue weighted by atomic mass is 10.1. The fraction of sp³-hybridized carbons (Fsp3) is 0.688. The van der Waals surface area contributed by atoms with Crippen molar-refractivity contribution in [2.45, 2.75) is 44.7 Å². The fourth-order valence-electron chi connectivity index (χ4n) is 3.52. The van der Waals surface area contributed by atoms with Gasteiger partial charge in [-0.15, -0.1) is 11.3 Å². The molecule has 1 aromatic heterocycles. The molecule has 0 atom stereocenters. The van der Waals surface area contributed by atoms with Gasteiger partial charge in [0.25, 0.3) is 0 Å². The van der Waals surface area contributed by atoms with E-state index in [0.717, 1.165) is 19.5 Å². The Morgan fingerprint density at radius 1 is 1.43 bits per heavy atom. The Labute approximate surface area is 130 Å². The van der Waals surface area contributed by atoms with Crippen LogP contribution in [0.15, 0.2) is 11.4 Å². The zero-order valence-corrected chi connectivity index (χ0v) is 13.3. The number of hydrogen-bond donors (Lipinski definition) is 1. The van der Waals surface area contributed by atoms with E-state index in [1.165, 1.54) is 36.1 Å². The maximum Gasteiger partial charge on any atom is 0.237 e. The van der Waals surface area contributed by atoms with Crippen molar-refractivity contribution in [2.75, 3.05) is 26.2 Å². The lowest BCUT2D eigenvalue weighted by Crippen LogP contribution is -2.46. The minimum absolute atomic E-state index is 0.137. The Morgan fingerprint density at radius 2 is 2.24 bits per heavy atom. The summed E-state index contributed by atoms with van der Waals surface area (Å²) in [6, 6.07) is 2.63. The molecule has 1 aliphatic carbocycles. The number of carbonyl (C=O) groups excluding carboxylic acids is 1. The molecule has 0 aromatic carbocycles. The first-order chi connectivity index (χ1) is 10.3. The van der Waals surface area contributed by atoms with Gasteiger partial charge < -0.3 is 10.0 Å². The van der Waals surface area contributed by atoms with Crippen molar-refractivity contribution in [1.29, 1.82) is 0 Å². The maximum atomic E-state index is 12.6. The molecule has 1 aromatic rings. The molecule has 0 radical (unpaired) electrons. The molecule has 2 aliphatic rings. The average molecular weight is 308 g/mol. The van der Waals surface area contributed by atoms with Crippen molar-refractivity contribution in [1.82, 2.24) is 9.80 Å². The van der Waals surface area contributed by atoms with Crippen LogP contribution in [0.5, 0.6) is 0 Å². The van der Waals surface area contributed by atoms with E-state index in [1.807, 2.05) is 4.90 Å². The van der Waals surface area contributed by atoms with E-state index < -0.39 is 0 Å². The summed E-state index contributed by atoms with van der Waals surface area (Å²) in [4.78, 5) is 18.2. The molecule has 0 bridgehead atoms. The minimum Gasteiger partial charge on any atom is -0.395 e. The van der Waals surface area contributed by atoms with Crippen molar-refractivity contribution < 1.29 is 9.90 Å². The van der Waals surface area contributed by atoms with Gasteiger partial charge in [-0.05, 0) is 36.3 Å². The highest BCUT2D eigenvalue weighted by atomic mass is 32.1. The molecule has 5 heteroatoms. The molecule has 4 nitrogen and oxygen atoms in total. The van der Waals surface area contributed by atoms with Crippen LogP contribution in [0.1, 0.15) is 36.1 Å². The molecule has 1 saturated carbocycles. The predicted octanol–water partition coefficient (Wildman–Crippen LogP) is 1.87. The summed E-state index contributed by atoms with van der Waals surface area (Å²) in [7, 11) is 0. The van der Waals surface area contributed by atoms with Crippen molar-refractivity contribution in [3.05, 3.63) is 21.9 Å². The van der Waals surface area contributed by atoms with Crippen molar-refractivity contribution in [2.24, 2.45) is 0 Å². The number of carbonyl (C=O) groups is 1. The summed E-state index contributed by atoms with van der Waals surface area (Å²) < 4.78 is 0. The second-order valence-corrected chi connectivity index (χ2v) is 7.07. The molecule has 3 rings (SSSR count). The number of fused-ring (bicyclic) bond motifs is 1. The van der Waals surface area contributed by atoms with E-state index in [1.54, 1.807) is 11.3 Å². The van der Waals surface area contributed by atoms with Crippen molar-refractivity contribution >= 4 is 17.2 Å². The monoisotopic (exact) mass is 308 g/mol. The molecule has 2 heterocycles. The second kappa shape index (κ2) is 6.90. The molecule has 0 spiro atoms. The SMILES string of the molecule is O=C(CN(CCO)C1CCCC1)N1CCc2sccc2C1. The first kappa shape index (κ1) is 15.0. The van der Waals surface area contributed by atoms with Gasteiger partial charge in [-0.3, -0.25) is 9.69 Å². The lowest BCUT2D eigenvalue weighted by Gasteiger charge is -2.32. The summed E-state index contributed by atoms with van der Waals surface area (Å²) in [6.45, 7) is 2.82.